The Bertz CT molecular complexity index is 199. The van der Waals surface area contributed by atoms with Crippen molar-refractivity contribution in [1.29, 1.82) is 0 Å². The maximum Gasteiger partial charge on any atom is 0.0464 e. The molecule has 16 heavy (non-hydrogen) atoms. The molecule has 0 heterocycles. The highest BCUT2D eigenvalue weighted by Gasteiger charge is 2.21. The van der Waals surface area contributed by atoms with E-state index in [-0.39, 0.29) is 10.8 Å². The van der Waals surface area contributed by atoms with Crippen LogP contribution in [-0.2, 0) is 0 Å². The van der Waals surface area contributed by atoms with Crippen LogP contribution in [0.4, 0.5) is 0 Å². The standard InChI is InChI=1S/C12H18Br2Cl2/c13-9-5-3-1-2-4-6-11(15)10(14)7-8-12(9)16/h1-2,9-12H,3-8H2/b2-1-. The summed E-state index contributed by atoms with van der Waals surface area (Å²) < 4.78 is 0. The van der Waals surface area contributed by atoms with Gasteiger partial charge < -0.3 is 0 Å². The quantitative estimate of drug-likeness (QED) is 0.369. The van der Waals surface area contributed by atoms with E-state index in [4.69, 9.17) is 23.2 Å². The van der Waals surface area contributed by atoms with E-state index in [9.17, 15) is 0 Å². The van der Waals surface area contributed by atoms with E-state index in [0.29, 0.717) is 9.65 Å². The van der Waals surface area contributed by atoms with Crippen LogP contribution < -0.4 is 0 Å². The summed E-state index contributed by atoms with van der Waals surface area (Å²) in [5.41, 5.74) is 0. The maximum atomic E-state index is 6.34. The summed E-state index contributed by atoms with van der Waals surface area (Å²) in [5, 5.41) is 0.415. The number of hydrogen-bond donors (Lipinski definition) is 0. The van der Waals surface area contributed by atoms with Crippen LogP contribution in [0.2, 0.25) is 0 Å². The minimum atomic E-state index is 0.205. The molecule has 0 aromatic heterocycles. The SMILES string of the molecule is ClC1CCC(Br)C(Cl)CC/C=C\CCC1Br. The Morgan fingerprint density at radius 3 is 1.94 bits per heavy atom. The van der Waals surface area contributed by atoms with Crippen LogP contribution in [0.5, 0.6) is 0 Å². The lowest BCUT2D eigenvalue weighted by Gasteiger charge is -2.20. The molecule has 0 amide bonds. The summed E-state index contributed by atoms with van der Waals surface area (Å²) in [5.74, 6) is 0. The predicted octanol–water partition coefficient (Wildman–Crippen LogP) is 5.64. The van der Waals surface area contributed by atoms with Gasteiger partial charge in [-0.15, -0.1) is 23.2 Å². The van der Waals surface area contributed by atoms with Gasteiger partial charge in [0, 0.05) is 20.4 Å². The molecule has 0 aromatic carbocycles. The first kappa shape index (κ1) is 15.3. The van der Waals surface area contributed by atoms with E-state index in [0.717, 1.165) is 38.5 Å². The molecular formula is C12H18Br2Cl2. The summed E-state index contributed by atoms with van der Waals surface area (Å²) in [6.07, 6.45) is 10.9. The zero-order chi connectivity index (χ0) is 12.0. The third-order valence-electron chi connectivity index (χ3n) is 2.89. The predicted molar refractivity (Wildman–Crippen MR) is 81.6 cm³/mol. The van der Waals surface area contributed by atoms with Crippen molar-refractivity contribution < 1.29 is 0 Å². The minimum absolute atomic E-state index is 0.205. The van der Waals surface area contributed by atoms with Crippen LogP contribution in [0.15, 0.2) is 12.2 Å². The Morgan fingerprint density at radius 2 is 1.25 bits per heavy atom. The van der Waals surface area contributed by atoms with Gasteiger partial charge in [-0.3, -0.25) is 0 Å². The van der Waals surface area contributed by atoms with E-state index in [1.807, 2.05) is 0 Å². The Morgan fingerprint density at radius 1 is 0.750 bits per heavy atom. The fraction of sp³-hybridized carbons (Fsp3) is 0.833. The molecule has 0 fully saturated rings. The van der Waals surface area contributed by atoms with Gasteiger partial charge >= 0.3 is 0 Å². The van der Waals surface area contributed by atoms with Gasteiger partial charge in [0.2, 0.25) is 0 Å². The monoisotopic (exact) mass is 390 g/mol. The molecule has 0 aliphatic heterocycles. The van der Waals surface area contributed by atoms with Crippen LogP contribution >= 0.6 is 55.1 Å². The first-order chi connectivity index (χ1) is 7.61. The van der Waals surface area contributed by atoms with Crippen LogP contribution in [0.1, 0.15) is 38.5 Å². The highest BCUT2D eigenvalue weighted by atomic mass is 79.9. The third-order valence-corrected chi connectivity index (χ3v) is 6.73. The Balaban J connectivity index is 2.52. The van der Waals surface area contributed by atoms with Gasteiger partial charge in [0.25, 0.3) is 0 Å². The molecule has 1 rings (SSSR count). The van der Waals surface area contributed by atoms with Crippen molar-refractivity contribution in [3.05, 3.63) is 12.2 Å². The molecule has 94 valence electrons. The number of allylic oxidation sites excluding steroid dienone is 2. The number of rotatable bonds is 0. The summed E-state index contributed by atoms with van der Waals surface area (Å²) in [7, 11) is 0. The first-order valence-corrected chi connectivity index (χ1v) is 8.53. The van der Waals surface area contributed by atoms with Gasteiger partial charge in [-0.25, -0.2) is 0 Å². The topological polar surface area (TPSA) is 0 Å². The normalized spacial score (nSPS) is 40.8. The molecule has 4 unspecified atom stereocenters. The van der Waals surface area contributed by atoms with Crippen molar-refractivity contribution in [2.75, 3.05) is 0 Å². The Labute approximate surface area is 125 Å². The summed E-state index contributed by atoms with van der Waals surface area (Å²) >= 11 is 20.0. The van der Waals surface area contributed by atoms with Crippen molar-refractivity contribution >= 4 is 55.1 Å². The lowest BCUT2D eigenvalue weighted by atomic mass is 10.0. The molecule has 4 atom stereocenters. The molecule has 0 nitrogen and oxygen atoms in total. The highest BCUT2D eigenvalue weighted by Crippen LogP contribution is 2.28. The average Bonchev–Trinajstić information content (AvgIpc) is 2.27. The fourth-order valence-electron chi connectivity index (χ4n) is 1.79. The molecule has 1 aliphatic rings. The molecule has 0 spiro atoms. The molecule has 0 N–H and O–H groups in total. The molecule has 1 aliphatic carbocycles. The van der Waals surface area contributed by atoms with Crippen molar-refractivity contribution in [2.45, 2.75) is 58.9 Å². The molecular weight excluding hydrogens is 375 g/mol. The van der Waals surface area contributed by atoms with E-state index < -0.39 is 0 Å². The van der Waals surface area contributed by atoms with Gasteiger partial charge in [-0.05, 0) is 38.5 Å². The highest BCUT2D eigenvalue weighted by molar-refractivity contribution is 9.09. The van der Waals surface area contributed by atoms with Gasteiger partial charge in [-0.2, -0.15) is 0 Å². The largest absolute Gasteiger partial charge is 0.122 e. The van der Waals surface area contributed by atoms with Gasteiger partial charge in [0.15, 0.2) is 0 Å². The first-order valence-electron chi connectivity index (χ1n) is 5.82. The lowest BCUT2D eigenvalue weighted by Crippen LogP contribution is -2.20. The Kier molecular flexibility index (Phi) is 8.05. The Hall–Kier alpha value is 1.28. The zero-order valence-electron chi connectivity index (χ0n) is 9.22. The van der Waals surface area contributed by atoms with Crippen LogP contribution in [0.25, 0.3) is 0 Å². The zero-order valence-corrected chi connectivity index (χ0v) is 13.9. The maximum absolute atomic E-state index is 6.34. The van der Waals surface area contributed by atoms with Crippen molar-refractivity contribution in [1.82, 2.24) is 0 Å². The average molecular weight is 393 g/mol. The molecule has 0 radical (unpaired) electrons. The van der Waals surface area contributed by atoms with Crippen molar-refractivity contribution in [2.24, 2.45) is 0 Å². The second-order valence-electron chi connectivity index (χ2n) is 4.27. The van der Waals surface area contributed by atoms with E-state index >= 15 is 0 Å². The fourth-order valence-corrected chi connectivity index (χ4v) is 3.35. The molecule has 0 saturated heterocycles. The van der Waals surface area contributed by atoms with E-state index in [2.05, 4.69) is 44.0 Å². The third kappa shape index (κ3) is 5.75. The molecule has 0 saturated carbocycles. The number of hydrogen-bond acceptors (Lipinski definition) is 0. The molecule has 4 heteroatoms. The van der Waals surface area contributed by atoms with Crippen LogP contribution in [0, 0.1) is 0 Å². The van der Waals surface area contributed by atoms with E-state index in [1.54, 1.807) is 0 Å². The molecule has 0 aromatic rings. The van der Waals surface area contributed by atoms with Crippen molar-refractivity contribution in [3.63, 3.8) is 0 Å². The second-order valence-corrected chi connectivity index (χ2v) is 7.74. The van der Waals surface area contributed by atoms with Crippen LogP contribution in [0.3, 0.4) is 0 Å². The van der Waals surface area contributed by atoms with Gasteiger partial charge in [0.05, 0.1) is 0 Å². The summed E-state index contributed by atoms with van der Waals surface area (Å²) in [4.78, 5) is 0.787. The minimum Gasteiger partial charge on any atom is -0.122 e. The van der Waals surface area contributed by atoms with Crippen LogP contribution in [-0.4, -0.2) is 20.4 Å². The molecule has 0 bridgehead atoms. The van der Waals surface area contributed by atoms with Gasteiger partial charge in [-0.1, -0.05) is 44.0 Å². The lowest BCUT2D eigenvalue weighted by molar-refractivity contribution is 0.601. The van der Waals surface area contributed by atoms with Gasteiger partial charge in [0.1, 0.15) is 0 Å². The summed E-state index contributed by atoms with van der Waals surface area (Å²) in [6.45, 7) is 0. The number of halogens is 4. The van der Waals surface area contributed by atoms with E-state index in [1.165, 1.54) is 0 Å². The smallest absolute Gasteiger partial charge is 0.0464 e. The van der Waals surface area contributed by atoms with Crippen molar-refractivity contribution in [3.8, 4) is 0 Å². The number of alkyl halides is 4. The summed E-state index contributed by atoms with van der Waals surface area (Å²) in [6, 6.07) is 0. The second kappa shape index (κ2) is 8.39.